The molecule has 0 bridgehead atoms. The molecule has 1 N–H and O–H groups in total. The van der Waals surface area contributed by atoms with Crippen LogP contribution in [0.2, 0.25) is 0 Å². The molecule has 0 unspecified atom stereocenters. The Hall–Kier alpha value is -2.16. The van der Waals surface area contributed by atoms with Gasteiger partial charge in [0.1, 0.15) is 11.5 Å². The maximum absolute atomic E-state index is 10.0. The largest absolute Gasteiger partial charge is 0.507 e. The summed E-state index contributed by atoms with van der Waals surface area (Å²) in [6, 6.07) is 13.7. The summed E-state index contributed by atoms with van der Waals surface area (Å²) < 4.78 is 5.14. The number of anilines is 1. The second-order valence-electron chi connectivity index (χ2n) is 4.64. The summed E-state index contributed by atoms with van der Waals surface area (Å²) in [5, 5.41) is 10.0. The van der Waals surface area contributed by atoms with Gasteiger partial charge in [0.15, 0.2) is 0 Å². The molecule has 0 aliphatic heterocycles. The highest BCUT2D eigenvalue weighted by molar-refractivity contribution is 5.50. The highest BCUT2D eigenvalue weighted by Gasteiger charge is 2.07. The second kappa shape index (κ2) is 5.65. The van der Waals surface area contributed by atoms with Crippen LogP contribution in [0.15, 0.2) is 42.5 Å². The molecular formula is C16H19NO2. The van der Waals surface area contributed by atoms with E-state index in [-0.39, 0.29) is 0 Å². The van der Waals surface area contributed by atoms with Gasteiger partial charge in [-0.25, -0.2) is 0 Å². The molecule has 19 heavy (non-hydrogen) atoms. The van der Waals surface area contributed by atoms with Gasteiger partial charge < -0.3 is 14.7 Å². The number of nitrogens with zero attached hydrogens (tertiary/aromatic N) is 1. The van der Waals surface area contributed by atoms with Crippen molar-refractivity contribution in [2.45, 2.75) is 13.5 Å². The summed E-state index contributed by atoms with van der Waals surface area (Å²) in [6.07, 6.45) is 0. The Morgan fingerprint density at radius 1 is 1.11 bits per heavy atom. The molecule has 0 radical (unpaired) electrons. The minimum absolute atomic E-state index is 0.378. The van der Waals surface area contributed by atoms with E-state index >= 15 is 0 Å². The van der Waals surface area contributed by atoms with E-state index in [0.29, 0.717) is 12.3 Å². The predicted octanol–water partition coefficient (Wildman–Crippen LogP) is 3.35. The van der Waals surface area contributed by atoms with Gasteiger partial charge in [0.2, 0.25) is 0 Å². The minimum Gasteiger partial charge on any atom is -0.507 e. The number of aryl methyl sites for hydroxylation is 1. The van der Waals surface area contributed by atoms with Crippen LogP contribution < -0.4 is 9.64 Å². The van der Waals surface area contributed by atoms with Crippen molar-refractivity contribution >= 4 is 5.69 Å². The number of phenolic OH excluding ortho intramolecular Hbond substituents is 1. The number of aromatic hydroxyl groups is 1. The maximum atomic E-state index is 10.0. The van der Waals surface area contributed by atoms with Crippen molar-refractivity contribution in [3.8, 4) is 11.5 Å². The first-order valence-electron chi connectivity index (χ1n) is 6.24. The van der Waals surface area contributed by atoms with Gasteiger partial charge in [-0.1, -0.05) is 18.2 Å². The van der Waals surface area contributed by atoms with Crippen LogP contribution in [-0.4, -0.2) is 19.3 Å². The zero-order chi connectivity index (χ0) is 13.8. The standard InChI is InChI=1S/C16H19NO2/c1-12-5-4-6-13(16(12)18)11-17(2)14-7-9-15(19-3)10-8-14/h4-10,18H,11H2,1-3H3. The molecule has 3 nitrogen and oxygen atoms in total. The van der Waals surface area contributed by atoms with Crippen molar-refractivity contribution in [1.29, 1.82) is 0 Å². The molecule has 0 spiro atoms. The first kappa shape index (κ1) is 13.3. The summed E-state index contributed by atoms with van der Waals surface area (Å²) in [5.41, 5.74) is 2.92. The Morgan fingerprint density at radius 2 is 1.79 bits per heavy atom. The van der Waals surface area contributed by atoms with Crippen molar-refractivity contribution in [3.05, 3.63) is 53.6 Å². The van der Waals surface area contributed by atoms with Crippen LogP contribution >= 0.6 is 0 Å². The van der Waals surface area contributed by atoms with Gasteiger partial charge in [-0.3, -0.25) is 0 Å². The van der Waals surface area contributed by atoms with Gasteiger partial charge in [0, 0.05) is 24.8 Å². The molecule has 0 atom stereocenters. The molecule has 2 rings (SSSR count). The summed E-state index contributed by atoms with van der Waals surface area (Å²) >= 11 is 0. The monoisotopic (exact) mass is 257 g/mol. The smallest absolute Gasteiger partial charge is 0.123 e. The van der Waals surface area contributed by atoms with Gasteiger partial charge in [0.25, 0.3) is 0 Å². The van der Waals surface area contributed by atoms with Crippen molar-refractivity contribution in [2.75, 3.05) is 19.1 Å². The second-order valence-corrected chi connectivity index (χ2v) is 4.64. The van der Waals surface area contributed by atoms with Gasteiger partial charge in [-0.2, -0.15) is 0 Å². The number of methoxy groups -OCH3 is 1. The Kier molecular flexibility index (Phi) is 3.95. The van der Waals surface area contributed by atoms with Gasteiger partial charge in [-0.05, 0) is 36.8 Å². The molecule has 3 heteroatoms. The lowest BCUT2D eigenvalue weighted by Gasteiger charge is -2.20. The molecule has 100 valence electrons. The SMILES string of the molecule is COc1ccc(N(C)Cc2cccc(C)c2O)cc1. The number of benzene rings is 2. The minimum atomic E-state index is 0.378. The van der Waals surface area contributed by atoms with Crippen molar-refractivity contribution in [3.63, 3.8) is 0 Å². The normalized spacial score (nSPS) is 10.3. The Morgan fingerprint density at radius 3 is 2.42 bits per heavy atom. The zero-order valence-electron chi connectivity index (χ0n) is 11.6. The van der Waals surface area contributed by atoms with Crippen LogP contribution in [0.3, 0.4) is 0 Å². The molecule has 2 aromatic rings. The van der Waals surface area contributed by atoms with Crippen molar-refractivity contribution in [1.82, 2.24) is 0 Å². The predicted molar refractivity (Wildman–Crippen MR) is 77.9 cm³/mol. The Labute approximate surface area is 114 Å². The fraction of sp³-hybridized carbons (Fsp3) is 0.250. The van der Waals surface area contributed by atoms with E-state index in [1.165, 1.54) is 0 Å². The van der Waals surface area contributed by atoms with Crippen molar-refractivity contribution < 1.29 is 9.84 Å². The maximum Gasteiger partial charge on any atom is 0.123 e. The van der Waals surface area contributed by atoms with Crippen LogP contribution in [0.25, 0.3) is 0 Å². The fourth-order valence-electron chi connectivity index (χ4n) is 2.03. The van der Waals surface area contributed by atoms with E-state index in [1.54, 1.807) is 7.11 Å². The summed E-state index contributed by atoms with van der Waals surface area (Å²) in [5.74, 6) is 1.22. The fourth-order valence-corrected chi connectivity index (χ4v) is 2.03. The van der Waals surface area contributed by atoms with Crippen LogP contribution in [0.5, 0.6) is 11.5 Å². The molecule has 0 amide bonds. The van der Waals surface area contributed by atoms with Crippen LogP contribution in [0, 0.1) is 6.92 Å². The van der Waals surface area contributed by atoms with Gasteiger partial charge >= 0.3 is 0 Å². The van der Waals surface area contributed by atoms with E-state index < -0.39 is 0 Å². The van der Waals surface area contributed by atoms with Gasteiger partial charge in [-0.15, -0.1) is 0 Å². The molecule has 0 heterocycles. The first-order chi connectivity index (χ1) is 9.11. The van der Waals surface area contributed by atoms with Crippen molar-refractivity contribution in [2.24, 2.45) is 0 Å². The molecule has 0 aromatic heterocycles. The highest BCUT2D eigenvalue weighted by atomic mass is 16.5. The third-order valence-electron chi connectivity index (χ3n) is 3.24. The Balaban J connectivity index is 2.15. The number of para-hydroxylation sites is 1. The summed E-state index contributed by atoms with van der Waals surface area (Å²) in [7, 11) is 3.66. The van der Waals surface area contributed by atoms with E-state index in [0.717, 1.165) is 22.6 Å². The van der Waals surface area contributed by atoms with Gasteiger partial charge in [0.05, 0.1) is 7.11 Å². The van der Waals surface area contributed by atoms with E-state index in [4.69, 9.17) is 4.74 Å². The van der Waals surface area contributed by atoms with Crippen LogP contribution in [0.4, 0.5) is 5.69 Å². The number of ether oxygens (including phenoxy) is 1. The number of hydrogen-bond acceptors (Lipinski definition) is 3. The first-order valence-corrected chi connectivity index (χ1v) is 6.24. The zero-order valence-corrected chi connectivity index (χ0v) is 11.6. The lowest BCUT2D eigenvalue weighted by Crippen LogP contribution is -2.16. The van der Waals surface area contributed by atoms with E-state index in [9.17, 15) is 5.11 Å². The van der Waals surface area contributed by atoms with Crippen LogP contribution in [0.1, 0.15) is 11.1 Å². The average molecular weight is 257 g/mol. The molecule has 0 aliphatic carbocycles. The lowest BCUT2D eigenvalue weighted by atomic mass is 10.1. The molecule has 0 fully saturated rings. The summed E-state index contributed by atoms with van der Waals surface area (Å²) in [4.78, 5) is 2.09. The lowest BCUT2D eigenvalue weighted by molar-refractivity contribution is 0.415. The van der Waals surface area contributed by atoms with Crippen LogP contribution in [-0.2, 0) is 6.54 Å². The molecule has 2 aromatic carbocycles. The molecule has 0 saturated carbocycles. The number of rotatable bonds is 4. The molecule has 0 aliphatic rings. The third kappa shape index (κ3) is 2.99. The Bertz CT molecular complexity index is 549. The average Bonchev–Trinajstić information content (AvgIpc) is 2.44. The van der Waals surface area contributed by atoms with E-state index in [1.807, 2.05) is 56.4 Å². The summed E-state index contributed by atoms with van der Waals surface area (Å²) in [6.45, 7) is 2.58. The molecule has 0 saturated heterocycles. The third-order valence-corrected chi connectivity index (χ3v) is 3.24. The number of hydrogen-bond donors (Lipinski definition) is 1. The number of phenols is 1. The van der Waals surface area contributed by atoms with E-state index in [2.05, 4.69) is 4.90 Å². The highest BCUT2D eigenvalue weighted by Crippen LogP contribution is 2.25. The molecular weight excluding hydrogens is 238 g/mol. The topological polar surface area (TPSA) is 32.7 Å². The quantitative estimate of drug-likeness (QED) is 0.911.